The summed E-state index contributed by atoms with van der Waals surface area (Å²) >= 11 is 12.4. The number of hydrogen-bond acceptors (Lipinski definition) is 6. The summed E-state index contributed by atoms with van der Waals surface area (Å²) in [5, 5.41) is 14.2. The van der Waals surface area contributed by atoms with Crippen molar-refractivity contribution in [2.75, 3.05) is 38.7 Å². The average molecular weight is 671 g/mol. The number of nitrogens with one attached hydrogen (secondary N) is 1. The van der Waals surface area contributed by atoms with Gasteiger partial charge in [-0.1, -0.05) is 54.4 Å². The van der Waals surface area contributed by atoms with Gasteiger partial charge in [-0.25, -0.2) is 0 Å². The Morgan fingerprint density at radius 2 is 1.83 bits per heavy atom. The number of carbonyl (C=O) groups is 2. The maximum absolute atomic E-state index is 14.3. The molecule has 0 radical (unpaired) electrons. The molecule has 0 spiro atoms. The number of aliphatic hydroxyl groups is 1. The van der Waals surface area contributed by atoms with Gasteiger partial charge in [-0.05, 0) is 88.2 Å². The van der Waals surface area contributed by atoms with Crippen LogP contribution in [0.5, 0.6) is 5.75 Å². The highest BCUT2D eigenvalue weighted by Gasteiger charge is 2.30. The molecule has 4 rings (SSSR count). The Hall–Kier alpha value is -3.14. The largest absolute Gasteiger partial charge is 0.490 e. The number of fused-ring (bicyclic) bond motifs is 1. The highest BCUT2D eigenvalue weighted by atomic mass is 35.5. The molecular formula is C36H45Cl2N3O5. The second-order valence-electron chi connectivity index (χ2n) is 12.3. The quantitative estimate of drug-likeness (QED) is 0.264. The number of hydrogen-bond donors (Lipinski definition) is 2. The Labute approximate surface area is 282 Å². The molecule has 0 bridgehead atoms. The van der Waals surface area contributed by atoms with Gasteiger partial charge in [0.15, 0.2) is 0 Å². The van der Waals surface area contributed by atoms with Gasteiger partial charge in [0.2, 0.25) is 0 Å². The molecule has 1 aliphatic heterocycles. The van der Waals surface area contributed by atoms with Crippen molar-refractivity contribution in [3.63, 3.8) is 0 Å². The number of likely N-dealkylation sites (N-methyl/N-ethyl adjacent to an activating group) is 1. The Morgan fingerprint density at radius 1 is 1.07 bits per heavy atom. The molecule has 0 aromatic heterocycles. The summed E-state index contributed by atoms with van der Waals surface area (Å²) in [6.45, 7) is 7.89. The fourth-order valence-corrected chi connectivity index (χ4v) is 5.90. The maximum Gasteiger partial charge on any atom is 0.258 e. The van der Waals surface area contributed by atoms with Crippen LogP contribution in [0, 0.1) is 5.92 Å². The molecule has 0 saturated carbocycles. The number of amides is 2. The van der Waals surface area contributed by atoms with E-state index in [0.29, 0.717) is 58.9 Å². The summed E-state index contributed by atoms with van der Waals surface area (Å²) in [5.41, 5.74) is 2.36. The fraction of sp³-hybridized carbons (Fsp3) is 0.444. The second kappa shape index (κ2) is 17.1. The molecule has 1 heterocycles. The van der Waals surface area contributed by atoms with Crippen LogP contribution in [-0.2, 0) is 11.3 Å². The van der Waals surface area contributed by atoms with Gasteiger partial charge in [-0.3, -0.25) is 14.5 Å². The molecule has 4 atom stereocenters. The zero-order valence-electron chi connectivity index (χ0n) is 27.0. The van der Waals surface area contributed by atoms with Crippen LogP contribution >= 0.6 is 23.2 Å². The molecule has 0 aliphatic carbocycles. The molecule has 0 saturated heterocycles. The van der Waals surface area contributed by atoms with Gasteiger partial charge in [0.05, 0.1) is 40.5 Å². The molecule has 46 heavy (non-hydrogen) atoms. The van der Waals surface area contributed by atoms with Crippen molar-refractivity contribution in [3.05, 3.63) is 93.5 Å². The van der Waals surface area contributed by atoms with E-state index in [4.69, 9.17) is 32.7 Å². The van der Waals surface area contributed by atoms with Crippen molar-refractivity contribution in [2.45, 2.75) is 64.8 Å². The van der Waals surface area contributed by atoms with Crippen LogP contribution in [-0.4, -0.2) is 78.3 Å². The number of anilines is 1. The van der Waals surface area contributed by atoms with Crippen LogP contribution in [0.4, 0.5) is 5.69 Å². The van der Waals surface area contributed by atoms with E-state index in [0.717, 1.165) is 24.8 Å². The van der Waals surface area contributed by atoms with Crippen LogP contribution < -0.4 is 10.1 Å². The molecule has 2 N–H and O–H groups in total. The minimum atomic E-state index is -0.467. The Kier molecular flexibility index (Phi) is 13.3. The van der Waals surface area contributed by atoms with E-state index in [-0.39, 0.29) is 36.5 Å². The van der Waals surface area contributed by atoms with Crippen LogP contribution in [0.1, 0.15) is 66.3 Å². The first-order chi connectivity index (χ1) is 22.0. The number of halogens is 2. The minimum absolute atomic E-state index is 0.0681. The summed E-state index contributed by atoms with van der Waals surface area (Å²) in [5.74, 6) is -0.181. The lowest BCUT2D eigenvalue weighted by Crippen LogP contribution is -2.47. The lowest BCUT2D eigenvalue weighted by atomic mass is 10.0. The summed E-state index contributed by atoms with van der Waals surface area (Å²) in [4.78, 5) is 31.1. The molecule has 0 unspecified atom stereocenters. The molecule has 8 nitrogen and oxygen atoms in total. The van der Waals surface area contributed by atoms with Crippen molar-refractivity contribution in [3.8, 4) is 5.75 Å². The highest BCUT2D eigenvalue weighted by Crippen LogP contribution is 2.29. The highest BCUT2D eigenvalue weighted by molar-refractivity contribution is 6.42. The summed E-state index contributed by atoms with van der Waals surface area (Å²) in [7, 11) is 2.03. The third kappa shape index (κ3) is 9.93. The Bertz CT molecular complexity index is 1460. The lowest BCUT2D eigenvalue weighted by molar-refractivity contribution is -0.0177. The number of aliphatic hydroxyl groups excluding tert-OH is 1. The van der Waals surface area contributed by atoms with Gasteiger partial charge in [-0.15, -0.1) is 0 Å². The lowest BCUT2D eigenvalue weighted by Gasteiger charge is -2.36. The molecule has 248 valence electrons. The van der Waals surface area contributed by atoms with E-state index >= 15 is 0 Å². The van der Waals surface area contributed by atoms with E-state index in [1.54, 1.807) is 53.4 Å². The van der Waals surface area contributed by atoms with Crippen molar-refractivity contribution in [2.24, 2.45) is 5.92 Å². The monoisotopic (exact) mass is 669 g/mol. The molecule has 1 aliphatic rings. The maximum atomic E-state index is 14.3. The van der Waals surface area contributed by atoms with Gasteiger partial charge >= 0.3 is 0 Å². The van der Waals surface area contributed by atoms with Gasteiger partial charge in [0, 0.05) is 43.4 Å². The van der Waals surface area contributed by atoms with Crippen molar-refractivity contribution in [1.82, 2.24) is 9.80 Å². The normalized spacial score (nSPS) is 20.4. The molecular weight excluding hydrogens is 625 g/mol. The smallest absolute Gasteiger partial charge is 0.258 e. The van der Waals surface area contributed by atoms with Crippen LogP contribution in [0.25, 0.3) is 0 Å². The number of benzene rings is 3. The van der Waals surface area contributed by atoms with Gasteiger partial charge in [0.1, 0.15) is 5.75 Å². The third-order valence-electron chi connectivity index (χ3n) is 8.27. The number of rotatable bonds is 8. The van der Waals surface area contributed by atoms with Gasteiger partial charge in [0.25, 0.3) is 11.8 Å². The van der Waals surface area contributed by atoms with E-state index in [1.165, 1.54) is 0 Å². The summed E-state index contributed by atoms with van der Waals surface area (Å²) in [6.07, 6.45) is 2.25. The topological polar surface area (TPSA) is 91.3 Å². The van der Waals surface area contributed by atoms with E-state index in [2.05, 4.69) is 17.1 Å². The Balaban J connectivity index is 1.60. The predicted molar refractivity (Wildman–Crippen MR) is 184 cm³/mol. The number of ether oxygens (including phenoxy) is 2. The summed E-state index contributed by atoms with van der Waals surface area (Å²) in [6, 6.07) is 19.2. The van der Waals surface area contributed by atoms with Gasteiger partial charge < -0.3 is 24.8 Å². The standard InChI is InChI=1S/C36H45Cl2N3O5/c1-24-20-41(25(2)23-42)36(44)30-19-29(39-35(43)28-11-6-5-7-12-28)14-16-33(30)46-26(3)10-8-9-17-45-34(24)22-40(4)21-27-13-15-31(37)32(38)18-27/h5-7,11-16,18-19,24-26,34,42H,8-10,17,20-23H2,1-4H3,(H,39,43)/t24-,25+,26-,34+/m0/s1. The van der Waals surface area contributed by atoms with Crippen molar-refractivity contribution < 1.29 is 24.2 Å². The van der Waals surface area contributed by atoms with Crippen molar-refractivity contribution in [1.29, 1.82) is 0 Å². The SMILES string of the molecule is C[C@H](CO)N1C[C@H](C)[C@@H](CN(C)Cc2ccc(Cl)c(Cl)c2)OCCCC[C@H](C)Oc2ccc(NC(=O)c3ccccc3)cc2C1=O. The first-order valence-electron chi connectivity index (χ1n) is 15.9. The van der Waals surface area contributed by atoms with Crippen molar-refractivity contribution >= 4 is 40.7 Å². The molecule has 3 aromatic carbocycles. The molecule has 10 heteroatoms. The van der Waals surface area contributed by atoms with E-state index < -0.39 is 6.04 Å². The molecule has 0 fully saturated rings. The molecule has 3 aromatic rings. The first-order valence-corrected chi connectivity index (χ1v) is 16.6. The number of carbonyl (C=O) groups excluding carboxylic acids is 2. The summed E-state index contributed by atoms with van der Waals surface area (Å²) < 4.78 is 12.8. The zero-order valence-corrected chi connectivity index (χ0v) is 28.6. The molecule has 2 amide bonds. The first kappa shape index (κ1) is 35.7. The predicted octanol–water partition coefficient (Wildman–Crippen LogP) is 7.17. The third-order valence-corrected chi connectivity index (χ3v) is 9.01. The van der Waals surface area contributed by atoms with Gasteiger partial charge in [-0.2, -0.15) is 0 Å². The fourth-order valence-electron chi connectivity index (χ4n) is 5.58. The second-order valence-corrected chi connectivity index (χ2v) is 13.1. The van der Waals surface area contributed by atoms with E-state index in [9.17, 15) is 14.7 Å². The minimum Gasteiger partial charge on any atom is -0.490 e. The average Bonchev–Trinajstić information content (AvgIpc) is 3.04. The zero-order chi connectivity index (χ0) is 33.2. The number of nitrogens with zero attached hydrogens (tertiary/aromatic N) is 2. The van der Waals surface area contributed by atoms with Crippen LogP contribution in [0.2, 0.25) is 10.0 Å². The van der Waals surface area contributed by atoms with E-state index in [1.807, 2.05) is 39.1 Å². The Morgan fingerprint density at radius 3 is 2.54 bits per heavy atom. The van der Waals surface area contributed by atoms with Crippen LogP contribution in [0.3, 0.4) is 0 Å². The van der Waals surface area contributed by atoms with Crippen LogP contribution in [0.15, 0.2) is 66.7 Å².